The molecule has 2 unspecified atom stereocenters. The van der Waals surface area contributed by atoms with E-state index in [2.05, 4.69) is 0 Å². The lowest BCUT2D eigenvalue weighted by atomic mass is 9.90. The largest absolute Gasteiger partial charge is 0.497 e. The van der Waals surface area contributed by atoms with Crippen LogP contribution in [0.15, 0.2) is 121 Å². The average molecular weight is 633 g/mol. The summed E-state index contributed by atoms with van der Waals surface area (Å²) in [5.41, 5.74) is 2.47. The van der Waals surface area contributed by atoms with Gasteiger partial charge in [-0.15, -0.1) is 0 Å². The van der Waals surface area contributed by atoms with Gasteiger partial charge < -0.3 is 9.47 Å². The molecule has 2 atom stereocenters. The molecule has 0 saturated heterocycles. The van der Waals surface area contributed by atoms with Gasteiger partial charge >= 0.3 is 11.9 Å². The maximum Gasteiger partial charge on any atom is 0.317 e. The predicted octanol–water partition coefficient (Wildman–Crippen LogP) is 8.14. The van der Waals surface area contributed by atoms with E-state index in [1.165, 1.54) is 7.11 Å². The second-order valence-electron chi connectivity index (χ2n) is 11.2. The molecule has 0 radical (unpaired) electrons. The summed E-state index contributed by atoms with van der Waals surface area (Å²) in [7, 11) is 1.53. The van der Waals surface area contributed by atoms with Gasteiger partial charge in [0.25, 0.3) is 0 Å². The van der Waals surface area contributed by atoms with Crippen LogP contribution in [-0.4, -0.2) is 30.6 Å². The summed E-state index contributed by atoms with van der Waals surface area (Å²) >= 11 is 6.06. The Morgan fingerprint density at radius 3 is 1.72 bits per heavy atom. The van der Waals surface area contributed by atoms with Gasteiger partial charge in [-0.3, -0.25) is 19.2 Å². The molecular weight excluding hydrogens is 600 g/mol. The Balaban J connectivity index is 1.36. The topological polar surface area (TPSA) is 86.7 Å². The highest BCUT2D eigenvalue weighted by atomic mass is 35.5. The van der Waals surface area contributed by atoms with Crippen LogP contribution in [0.2, 0.25) is 5.02 Å². The molecule has 0 spiro atoms. The molecule has 0 fully saturated rings. The van der Waals surface area contributed by atoms with E-state index in [4.69, 9.17) is 21.1 Å². The van der Waals surface area contributed by atoms with Crippen molar-refractivity contribution < 1.29 is 28.7 Å². The second kappa shape index (κ2) is 15.3. The SMILES string of the molecule is COc1ccc(C(=O)CC(Cc2ccc(Cl)cc2)C(=O)OC(=O)C(CC(=O)c2ccc3ccccc3c2)Cc2ccccc2)cc1. The van der Waals surface area contributed by atoms with Gasteiger partial charge in [-0.25, -0.2) is 0 Å². The van der Waals surface area contributed by atoms with Crippen LogP contribution in [0, 0.1) is 11.8 Å². The Hall–Kier alpha value is -5.07. The van der Waals surface area contributed by atoms with E-state index >= 15 is 0 Å². The summed E-state index contributed by atoms with van der Waals surface area (Å²) in [4.78, 5) is 54.0. The zero-order valence-electron chi connectivity index (χ0n) is 25.4. The molecule has 0 aliphatic carbocycles. The number of esters is 2. The molecule has 0 aromatic heterocycles. The Morgan fingerprint density at radius 2 is 1.11 bits per heavy atom. The Kier molecular flexibility index (Phi) is 10.7. The summed E-state index contributed by atoms with van der Waals surface area (Å²) in [5.74, 6) is -3.41. The van der Waals surface area contributed by atoms with Crippen LogP contribution >= 0.6 is 11.6 Å². The van der Waals surface area contributed by atoms with Gasteiger partial charge in [-0.05, 0) is 77.2 Å². The minimum Gasteiger partial charge on any atom is -0.497 e. The van der Waals surface area contributed by atoms with Crippen LogP contribution in [0.4, 0.5) is 0 Å². The van der Waals surface area contributed by atoms with Crippen LogP contribution in [-0.2, 0) is 27.2 Å². The van der Waals surface area contributed by atoms with Crippen LogP contribution in [0.5, 0.6) is 5.75 Å². The highest BCUT2D eigenvalue weighted by Crippen LogP contribution is 2.24. The zero-order chi connectivity index (χ0) is 32.5. The number of carbonyl (C=O) groups is 4. The first-order chi connectivity index (χ1) is 22.3. The number of rotatable bonds is 13. The van der Waals surface area contributed by atoms with Crippen LogP contribution in [0.3, 0.4) is 0 Å². The van der Waals surface area contributed by atoms with Gasteiger partial charge in [0, 0.05) is 29.0 Å². The number of fused-ring (bicyclic) bond motifs is 1. The van der Waals surface area contributed by atoms with Crippen LogP contribution in [0.25, 0.3) is 10.8 Å². The molecule has 0 heterocycles. The minimum absolute atomic E-state index is 0.147. The third-order valence-electron chi connectivity index (χ3n) is 7.94. The van der Waals surface area contributed by atoms with E-state index in [9.17, 15) is 19.2 Å². The van der Waals surface area contributed by atoms with E-state index in [0.29, 0.717) is 21.9 Å². The van der Waals surface area contributed by atoms with Crippen molar-refractivity contribution in [3.05, 3.63) is 149 Å². The summed E-state index contributed by atoms with van der Waals surface area (Å²) in [6.45, 7) is 0. The molecular formula is C39H33ClO6. The quantitative estimate of drug-likeness (QED) is 0.0740. The molecule has 7 heteroatoms. The molecule has 5 aromatic rings. The summed E-state index contributed by atoms with van der Waals surface area (Å²) in [6, 6.07) is 36.0. The summed E-state index contributed by atoms with van der Waals surface area (Å²) < 4.78 is 10.7. The lowest BCUT2D eigenvalue weighted by Gasteiger charge is -2.19. The fourth-order valence-corrected chi connectivity index (χ4v) is 5.50. The first-order valence-corrected chi connectivity index (χ1v) is 15.4. The number of benzene rings is 5. The van der Waals surface area contributed by atoms with E-state index in [0.717, 1.165) is 21.9 Å². The van der Waals surface area contributed by atoms with Crippen molar-refractivity contribution in [1.82, 2.24) is 0 Å². The molecule has 0 bridgehead atoms. The maximum atomic E-state index is 13.7. The average Bonchev–Trinajstić information content (AvgIpc) is 3.08. The van der Waals surface area contributed by atoms with E-state index in [1.54, 1.807) is 60.7 Å². The lowest BCUT2D eigenvalue weighted by Crippen LogP contribution is -2.30. The molecule has 0 amide bonds. The first-order valence-electron chi connectivity index (χ1n) is 15.0. The van der Waals surface area contributed by atoms with Crippen molar-refractivity contribution in [3.8, 4) is 5.75 Å². The number of ketones is 2. The van der Waals surface area contributed by atoms with E-state index < -0.39 is 23.8 Å². The maximum absolute atomic E-state index is 13.7. The molecule has 0 aliphatic heterocycles. The molecule has 5 rings (SSSR count). The first kappa shape index (κ1) is 32.3. The number of methoxy groups -OCH3 is 1. The third-order valence-corrected chi connectivity index (χ3v) is 8.19. The number of ether oxygens (including phenoxy) is 2. The summed E-state index contributed by atoms with van der Waals surface area (Å²) in [6.07, 6.45) is 0.0376. The van der Waals surface area contributed by atoms with Crippen molar-refractivity contribution >= 4 is 45.9 Å². The van der Waals surface area contributed by atoms with Gasteiger partial charge in [0.15, 0.2) is 11.6 Å². The molecule has 5 aromatic carbocycles. The second-order valence-corrected chi connectivity index (χ2v) is 11.6. The van der Waals surface area contributed by atoms with Crippen molar-refractivity contribution in [3.63, 3.8) is 0 Å². The lowest BCUT2D eigenvalue weighted by molar-refractivity contribution is -0.165. The van der Waals surface area contributed by atoms with E-state index in [1.807, 2.05) is 60.7 Å². The fraction of sp³-hybridized carbons (Fsp3) is 0.179. The molecule has 0 aliphatic rings. The number of carbonyl (C=O) groups excluding carboxylic acids is 4. The smallest absolute Gasteiger partial charge is 0.317 e. The van der Waals surface area contributed by atoms with Gasteiger partial charge in [-0.2, -0.15) is 0 Å². The zero-order valence-corrected chi connectivity index (χ0v) is 26.1. The van der Waals surface area contributed by atoms with Gasteiger partial charge in [0.2, 0.25) is 0 Å². The van der Waals surface area contributed by atoms with Crippen molar-refractivity contribution in [1.29, 1.82) is 0 Å². The Labute approximate surface area is 272 Å². The molecule has 0 N–H and O–H groups in total. The number of hydrogen-bond acceptors (Lipinski definition) is 6. The summed E-state index contributed by atoms with van der Waals surface area (Å²) in [5, 5.41) is 2.45. The normalized spacial score (nSPS) is 12.2. The number of halogens is 1. The van der Waals surface area contributed by atoms with Crippen molar-refractivity contribution in [2.45, 2.75) is 25.7 Å². The molecule has 6 nitrogen and oxygen atoms in total. The standard InChI is InChI=1S/C39H33ClO6/c1-45-35-19-15-29(16-20-35)36(41)24-33(22-27-11-17-34(40)18-12-27)39(44)46-38(43)32(21-26-7-3-2-4-8-26)25-37(42)31-14-13-28-9-5-6-10-30(28)23-31/h2-20,23,32-33H,21-22,24-25H2,1H3. The van der Waals surface area contributed by atoms with Crippen molar-refractivity contribution in [2.24, 2.45) is 11.8 Å². The van der Waals surface area contributed by atoms with Crippen LogP contribution in [0.1, 0.15) is 44.7 Å². The third kappa shape index (κ3) is 8.55. The van der Waals surface area contributed by atoms with E-state index in [-0.39, 0.29) is 37.2 Å². The van der Waals surface area contributed by atoms with Gasteiger partial charge in [-0.1, -0.05) is 90.5 Å². The number of hydrogen-bond donors (Lipinski definition) is 0. The fourth-order valence-electron chi connectivity index (χ4n) is 5.37. The highest BCUT2D eigenvalue weighted by Gasteiger charge is 2.31. The number of Topliss-reactive ketones (excluding diaryl/α,β-unsaturated/α-hetero) is 2. The van der Waals surface area contributed by atoms with Gasteiger partial charge in [0.1, 0.15) is 5.75 Å². The Morgan fingerprint density at radius 1 is 0.587 bits per heavy atom. The molecule has 46 heavy (non-hydrogen) atoms. The Bertz CT molecular complexity index is 1830. The monoisotopic (exact) mass is 632 g/mol. The molecule has 0 saturated carbocycles. The predicted molar refractivity (Wildman–Crippen MR) is 178 cm³/mol. The molecule has 232 valence electrons. The minimum atomic E-state index is -0.951. The van der Waals surface area contributed by atoms with Crippen molar-refractivity contribution in [2.75, 3.05) is 7.11 Å². The van der Waals surface area contributed by atoms with Gasteiger partial charge in [0.05, 0.1) is 18.9 Å². The van der Waals surface area contributed by atoms with Crippen LogP contribution < -0.4 is 4.74 Å². The highest BCUT2D eigenvalue weighted by molar-refractivity contribution is 6.30.